The van der Waals surface area contributed by atoms with Gasteiger partial charge in [-0.05, 0) is 49.6 Å². The Balaban J connectivity index is 2.58. The number of amides is 1. The fraction of sp³-hybridized carbons (Fsp3) is 0.929. The van der Waals surface area contributed by atoms with Crippen LogP contribution in [0.2, 0.25) is 0 Å². The fourth-order valence-electron chi connectivity index (χ4n) is 3.07. The summed E-state index contributed by atoms with van der Waals surface area (Å²) in [5.74, 6) is 1.09. The Morgan fingerprint density at radius 1 is 1.50 bits per heavy atom. The first-order chi connectivity index (χ1) is 9.52. The van der Waals surface area contributed by atoms with Gasteiger partial charge >= 0.3 is 0 Å². The molecule has 20 heavy (non-hydrogen) atoms. The van der Waals surface area contributed by atoms with Crippen LogP contribution in [0.15, 0.2) is 5.11 Å². The van der Waals surface area contributed by atoms with E-state index < -0.39 is 5.54 Å². The zero-order valence-corrected chi connectivity index (χ0v) is 12.6. The number of nitrogens with one attached hydrogen (secondary N) is 1. The van der Waals surface area contributed by atoms with Gasteiger partial charge in [0.25, 0.3) is 0 Å². The first kappa shape index (κ1) is 16.8. The largest absolute Gasteiger partial charge is 0.368 e. The van der Waals surface area contributed by atoms with Crippen molar-refractivity contribution in [1.82, 2.24) is 5.32 Å². The highest BCUT2D eigenvalue weighted by molar-refractivity contribution is 5.84. The molecule has 0 aromatic heterocycles. The topological polar surface area (TPSA) is 104 Å². The van der Waals surface area contributed by atoms with E-state index in [1.807, 2.05) is 0 Å². The van der Waals surface area contributed by atoms with Gasteiger partial charge in [0, 0.05) is 11.5 Å². The number of nitrogens with two attached hydrogens (primary N) is 1. The van der Waals surface area contributed by atoms with Crippen LogP contribution in [0, 0.1) is 11.8 Å². The molecule has 0 aromatic rings. The lowest BCUT2D eigenvalue weighted by Gasteiger charge is -2.31. The molecule has 0 radical (unpaired) electrons. The minimum atomic E-state index is -0.569. The van der Waals surface area contributed by atoms with Gasteiger partial charge in [0.2, 0.25) is 5.91 Å². The summed E-state index contributed by atoms with van der Waals surface area (Å²) >= 11 is 0. The number of primary amides is 1. The van der Waals surface area contributed by atoms with Crippen LogP contribution in [0.25, 0.3) is 10.4 Å². The summed E-state index contributed by atoms with van der Waals surface area (Å²) in [6.07, 6.45) is 5.61. The third-order valence-electron chi connectivity index (χ3n) is 4.50. The molecule has 1 fully saturated rings. The van der Waals surface area contributed by atoms with E-state index in [1.165, 1.54) is 6.42 Å². The van der Waals surface area contributed by atoms with Crippen molar-refractivity contribution in [1.29, 1.82) is 0 Å². The van der Waals surface area contributed by atoms with Gasteiger partial charge in [-0.15, -0.1) is 0 Å². The number of carbonyl (C=O) groups is 1. The summed E-state index contributed by atoms with van der Waals surface area (Å²) in [5.41, 5.74) is 13.3. The summed E-state index contributed by atoms with van der Waals surface area (Å²) in [5, 5.41) is 6.84. The number of azide groups is 1. The third-order valence-corrected chi connectivity index (χ3v) is 4.50. The molecule has 1 rings (SSSR count). The minimum Gasteiger partial charge on any atom is -0.368 e. The van der Waals surface area contributed by atoms with Crippen molar-refractivity contribution >= 4 is 5.91 Å². The smallest absolute Gasteiger partial charge is 0.237 e. The Morgan fingerprint density at radius 2 is 2.25 bits per heavy atom. The summed E-state index contributed by atoms with van der Waals surface area (Å²) < 4.78 is 0. The molecule has 0 spiro atoms. The molecule has 0 saturated heterocycles. The normalized spacial score (nSPS) is 26.9. The van der Waals surface area contributed by atoms with E-state index >= 15 is 0 Å². The van der Waals surface area contributed by atoms with Crippen LogP contribution in [0.1, 0.15) is 52.4 Å². The summed E-state index contributed by atoms with van der Waals surface area (Å²) in [7, 11) is 0. The van der Waals surface area contributed by atoms with Crippen LogP contribution in [-0.4, -0.2) is 24.5 Å². The Hall–Kier alpha value is -1.26. The van der Waals surface area contributed by atoms with Crippen molar-refractivity contribution in [3.8, 4) is 0 Å². The summed E-state index contributed by atoms with van der Waals surface area (Å²) in [6.45, 7) is 5.60. The molecule has 2 atom stereocenters. The van der Waals surface area contributed by atoms with Crippen LogP contribution in [-0.2, 0) is 4.79 Å². The van der Waals surface area contributed by atoms with Gasteiger partial charge in [0.15, 0.2) is 0 Å². The quantitative estimate of drug-likeness (QED) is 0.246. The zero-order chi connectivity index (χ0) is 15.0. The molecule has 6 heteroatoms. The van der Waals surface area contributed by atoms with Gasteiger partial charge in [0.05, 0.1) is 5.54 Å². The number of carbonyl (C=O) groups excluding carboxylic acids is 1. The average Bonchev–Trinajstić information content (AvgIpc) is 2.62. The number of nitrogens with zero attached hydrogens (tertiary/aromatic N) is 3. The Bertz CT molecular complexity index is 365. The highest BCUT2D eigenvalue weighted by Gasteiger charge is 2.38. The van der Waals surface area contributed by atoms with Crippen molar-refractivity contribution in [2.75, 3.05) is 13.1 Å². The van der Waals surface area contributed by atoms with Gasteiger partial charge in [0.1, 0.15) is 0 Å². The molecule has 0 aliphatic heterocycles. The summed E-state index contributed by atoms with van der Waals surface area (Å²) in [6, 6.07) is 0. The van der Waals surface area contributed by atoms with Crippen LogP contribution in [0.5, 0.6) is 0 Å². The van der Waals surface area contributed by atoms with E-state index in [4.69, 9.17) is 11.3 Å². The van der Waals surface area contributed by atoms with Gasteiger partial charge in [-0.1, -0.05) is 31.8 Å². The van der Waals surface area contributed by atoms with Gasteiger partial charge in [-0.25, -0.2) is 0 Å². The molecule has 0 heterocycles. The lowest BCUT2D eigenvalue weighted by atomic mass is 9.86. The van der Waals surface area contributed by atoms with Gasteiger partial charge in [-0.2, -0.15) is 0 Å². The molecule has 0 aromatic carbocycles. The monoisotopic (exact) mass is 281 g/mol. The van der Waals surface area contributed by atoms with Crippen LogP contribution < -0.4 is 11.1 Å². The van der Waals surface area contributed by atoms with Crippen molar-refractivity contribution in [3.63, 3.8) is 0 Å². The van der Waals surface area contributed by atoms with Crippen molar-refractivity contribution in [2.45, 2.75) is 57.9 Å². The maximum atomic E-state index is 11.9. The zero-order valence-electron chi connectivity index (χ0n) is 12.6. The molecular weight excluding hydrogens is 254 g/mol. The second-order valence-corrected chi connectivity index (χ2v) is 6.12. The lowest BCUT2D eigenvalue weighted by molar-refractivity contribution is -0.125. The average molecular weight is 281 g/mol. The van der Waals surface area contributed by atoms with Gasteiger partial charge < -0.3 is 11.1 Å². The first-order valence-electron chi connectivity index (χ1n) is 7.57. The van der Waals surface area contributed by atoms with E-state index in [9.17, 15) is 4.79 Å². The van der Waals surface area contributed by atoms with Crippen LogP contribution in [0.4, 0.5) is 0 Å². The molecule has 6 nitrogen and oxygen atoms in total. The molecule has 2 unspecified atom stereocenters. The van der Waals surface area contributed by atoms with E-state index in [0.29, 0.717) is 24.9 Å². The maximum Gasteiger partial charge on any atom is 0.237 e. The molecule has 1 saturated carbocycles. The molecule has 1 aliphatic carbocycles. The first-order valence-corrected chi connectivity index (χ1v) is 7.57. The van der Waals surface area contributed by atoms with E-state index in [2.05, 4.69) is 29.2 Å². The Kier molecular flexibility index (Phi) is 6.82. The number of rotatable bonds is 7. The molecular formula is C14H27N5O. The van der Waals surface area contributed by atoms with Crippen LogP contribution in [0.3, 0.4) is 0 Å². The second-order valence-electron chi connectivity index (χ2n) is 6.12. The van der Waals surface area contributed by atoms with E-state index in [-0.39, 0.29) is 5.91 Å². The second kappa shape index (κ2) is 8.12. The third kappa shape index (κ3) is 4.69. The predicted octanol–water partition coefficient (Wildman–Crippen LogP) is 2.74. The summed E-state index contributed by atoms with van der Waals surface area (Å²) in [4.78, 5) is 14.6. The maximum absolute atomic E-state index is 11.9. The lowest BCUT2D eigenvalue weighted by Crippen LogP contribution is -2.55. The molecule has 0 bridgehead atoms. The molecule has 1 aliphatic rings. The molecule has 114 valence electrons. The Morgan fingerprint density at radius 3 is 2.85 bits per heavy atom. The standard InChI is InChI=1S/C14H27N5O/c1-11(2)12-5-3-7-14(8-6-12,13(15)20)17-9-4-10-18-19-16/h11-12,17H,3-10H2,1-2H3,(H2,15,20). The molecule has 1 amide bonds. The SMILES string of the molecule is CC(C)C1CCCC(NCCCN=[N+]=[N-])(C(N)=O)CC1. The highest BCUT2D eigenvalue weighted by Crippen LogP contribution is 2.34. The van der Waals surface area contributed by atoms with Crippen molar-refractivity contribution in [2.24, 2.45) is 22.7 Å². The van der Waals surface area contributed by atoms with Crippen molar-refractivity contribution in [3.05, 3.63) is 10.4 Å². The van der Waals surface area contributed by atoms with E-state index in [0.717, 1.165) is 32.1 Å². The number of hydrogen-bond acceptors (Lipinski definition) is 3. The highest BCUT2D eigenvalue weighted by atomic mass is 16.1. The van der Waals surface area contributed by atoms with Crippen LogP contribution >= 0.6 is 0 Å². The van der Waals surface area contributed by atoms with Gasteiger partial charge in [-0.3, -0.25) is 4.79 Å². The fourth-order valence-corrected chi connectivity index (χ4v) is 3.07. The minimum absolute atomic E-state index is 0.245. The molecule has 3 N–H and O–H groups in total. The Labute approximate surface area is 121 Å². The number of hydrogen-bond donors (Lipinski definition) is 2. The van der Waals surface area contributed by atoms with Crippen molar-refractivity contribution < 1.29 is 4.79 Å². The van der Waals surface area contributed by atoms with E-state index in [1.54, 1.807) is 0 Å². The predicted molar refractivity (Wildman–Crippen MR) is 80.0 cm³/mol.